The molecule has 0 unspecified atom stereocenters. The predicted octanol–water partition coefficient (Wildman–Crippen LogP) is 4.13. The average molecular weight is 320 g/mol. The first-order chi connectivity index (χ1) is 11.6. The smallest absolute Gasteiger partial charge is 0.230 e. The summed E-state index contributed by atoms with van der Waals surface area (Å²) < 4.78 is 2.24. The van der Waals surface area contributed by atoms with Crippen LogP contribution in [0.25, 0.3) is 10.9 Å². The van der Waals surface area contributed by atoms with Crippen LogP contribution in [0.15, 0.2) is 66.9 Å². The summed E-state index contributed by atoms with van der Waals surface area (Å²) in [6, 6.07) is 20.4. The molecule has 0 atom stereocenters. The van der Waals surface area contributed by atoms with Crippen molar-refractivity contribution < 1.29 is 4.79 Å². The Kier molecular flexibility index (Phi) is 4.70. The van der Waals surface area contributed by atoms with E-state index in [9.17, 15) is 4.79 Å². The fraction of sp³-hybridized carbons (Fsp3) is 0.286. The van der Waals surface area contributed by atoms with Crippen LogP contribution in [0.4, 0.5) is 0 Å². The second-order valence-corrected chi connectivity index (χ2v) is 6.67. The van der Waals surface area contributed by atoms with Crippen LogP contribution in [0, 0.1) is 0 Å². The van der Waals surface area contributed by atoms with Crippen LogP contribution in [0.2, 0.25) is 0 Å². The van der Waals surface area contributed by atoms with E-state index in [1.165, 1.54) is 10.9 Å². The number of hydrogen-bond acceptors (Lipinski definition) is 1. The molecule has 1 amide bonds. The number of fused-ring (bicyclic) bond motifs is 1. The van der Waals surface area contributed by atoms with Gasteiger partial charge >= 0.3 is 0 Å². The van der Waals surface area contributed by atoms with E-state index in [1.54, 1.807) is 0 Å². The Morgan fingerprint density at radius 2 is 1.71 bits per heavy atom. The molecular formula is C21H24N2O. The van der Waals surface area contributed by atoms with Gasteiger partial charge in [0.25, 0.3) is 0 Å². The molecule has 0 aliphatic carbocycles. The number of para-hydroxylation sites is 1. The molecule has 0 fully saturated rings. The normalized spacial score (nSPS) is 11.6. The van der Waals surface area contributed by atoms with E-state index in [0.717, 1.165) is 18.5 Å². The molecule has 3 heteroatoms. The third kappa shape index (κ3) is 3.35. The quantitative estimate of drug-likeness (QED) is 0.681. The Morgan fingerprint density at radius 3 is 2.50 bits per heavy atom. The summed E-state index contributed by atoms with van der Waals surface area (Å²) in [7, 11) is 0. The summed E-state index contributed by atoms with van der Waals surface area (Å²) in [4.78, 5) is 12.5. The van der Waals surface area contributed by atoms with Crippen LogP contribution in [0.1, 0.15) is 25.8 Å². The molecule has 3 aromatic rings. The number of amides is 1. The lowest BCUT2D eigenvalue weighted by Crippen LogP contribution is -2.40. The molecule has 0 aliphatic rings. The Bertz CT molecular complexity index is 818. The average Bonchev–Trinajstić information content (AvgIpc) is 3.02. The van der Waals surface area contributed by atoms with Crippen molar-refractivity contribution in [3.8, 4) is 0 Å². The van der Waals surface area contributed by atoms with Gasteiger partial charge in [0, 0.05) is 24.8 Å². The molecule has 0 aliphatic heterocycles. The summed E-state index contributed by atoms with van der Waals surface area (Å²) in [5.41, 5.74) is 1.77. The molecule has 0 saturated heterocycles. The third-order valence-electron chi connectivity index (χ3n) is 4.60. The van der Waals surface area contributed by atoms with Crippen molar-refractivity contribution >= 4 is 16.8 Å². The maximum Gasteiger partial charge on any atom is 0.230 e. The summed E-state index contributed by atoms with van der Waals surface area (Å²) >= 11 is 0. The first-order valence-electron chi connectivity index (χ1n) is 8.47. The lowest BCUT2D eigenvalue weighted by atomic mass is 9.84. The number of carbonyl (C=O) groups excluding carboxylic acids is 1. The van der Waals surface area contributed by atoms with Crippen LogP contribution in [-0.2, 0) is 16.8 Å². The van der Waals surface area contributed by atoms with Gasteiger partial charge in [0.2, 0.25) is 5.91 Å². The van der Waals surface area contributed by atoms with Crippen LogP contribution >= 0.6 is 0 Å². The molecule has 0 bridgehead atoms. The van der Waals surface area contributed by atoms with E-state index in [4.69, 9.17) is 0 Å². The van der Waals surface area contributed by atoms with Gasteiger partial charge in [-0.15, -0.1) is 0 Å². The lowest BCUT2D eigenvalue weighted by Gasteiger charge is -2.24. The Labute approximate surface area is 143 Å². The number of benzene rings is 2. The molecule has 24 heavy (non-hydrogen) atoms. The largest absolute Gasteiger partial charge is 0.355 e. The predicted molar refractivity (Wildman–Crippen MR) is 99.0 cm³/mol. The molecule has 1 N–H and O–H groups in total. The zero-order chi connectivity index (χ0) is 17.0. The van der Waals surface area contributed by atoms with Crippen molar-refractivity contribution in [1.82, 2.24) is 9.88 Å². The summed E-state index contributed by atoms with van der Waals surface area (Å²) in [5, 5.41) is 4.34. The van der Waals surface area contributed by atoms with E-state index in [-0.39, 0.29) is 5.91 Å². The summed E-state index contributed by atoms with van der Waals surface area (Å²) in [6.45, 7) is 5.52. The van der Waals surface area contributed by atoms with Crippen molar-refractivity contribution in [2.75, 3.05) is 6.54 Å². The van der Waals surface area contributed by atoms with Gasteiger partial charge in [0.15, 0.2) is 0 Å². The van der Waals surface area contributed by atoms with Crippen molar-refractivity contribution in [2.45, 2.75) is 32.2 Å². The number of carbonyl (C=O) groups is 1. The van der Waals surface area contributed by atoms with Gasteiger partial charge in [-0.2, -0.15) is 0 Å². The van der Waals surface area contributed by atoms with Crippen molar-refractivity contribution in [3.05, 3.63) is 72.4 Å². The van der Waals surface area contributed by atoms with Gasteiger partial charge in [-0.1, -0.05) is 48.5 Å². The van der Waals surface area contributed by atoms with Gasteiger partial charge in [-0.25, -0.2) is 0 Å². The second kappa shape index (κ2) is 6.91. The molecule has 0 spiro atoms. The van der Waals surface area contributed by atoms with Gasteiger partial charge in [0.05, 0.1) is 5.41 Å². The van der Waals surface area contributed by atoms with Gasteiger partial charge in [0.1, 0.15) is 0 Å². The number of nitrogens with zero attached hydrogens (tertiary/aromatic N) is 1. The van der Waals surface area contributed by atoms with Crippen LogP contribution in [0.5, 0.6) is 0 Å². The SMILES string of the molecule is CC(C)(C(=O)NCCCn1ccc2ccccc21)c1ccccc1. The Balaban J connectivity index is 1.54. The standard InChI is InChI=1S/C21H24N2O/c1-21(2,18-10-4-3-5-11-18)20(24)22-14-8-15-23-16-13-17-9-6-7-12-19(17)23/h3-7,9-13,16H,8,14-15H2,1-2H3,(H,22,24). The molecule has 124 valence electrons. The van der Waals surface area contributed by atoms with Crippen molar-refractivity contribution in [2.24, 2.45) is 0 Å². The minimum Gasteiger partial charge on any atom is -0.355 e. The van der Waals surface area contributed by atoms with E-state index in [1.807, 2.05) is 44.2 Å². The fourth-order valence-electron chi connectivity index (χ4n) is 2.99. The molecule has 2 aromatic carbocycles. The molecule has 1 heterocycles. The zero-order valence-electron chi connectivity index (χ0n) is 14.3. The highest BCUT2D eigenvalue weighted by molar-refractivity contribution is 5.87. The summed E-state index contributed by atoms with van der Waals surface area (Å²) in [5.74, 6) is 0.0751. The van der Waals surface area contributed by atoms with Crippen LogP contribution in [0.3, 0.4) is 0 Å². The van der Waals surface area contributed by atoms with E-state index in [2.05, 4.69) is 46.4 Å². The van der Waals surface area contributed by atoms with Crippen LogP contribution in [-0.4, -0.2) is 17.0 Å². The Hall–Kier alpha value is -2.55. The molecule has 3 rings (SSSR count). The van der Waals surface area contributed by atoms with E-state index >= 15 is 0 Å². The number of nitrogens with one attached hydrogen (secondary N) is 1. The minimum atomic E-state index is -0.512. The first-order valence-corrected chi connectivity index (χ1v) is 8.47. The van der Waals surface area contributed by atoms with Crippen molar-refractivity contribution in [3.63, 3.8) is 0 Å². The van der Waals surface area contributed by atoms with E-state index < -0.39 is 5.41 Å². The van der Waals surface area contributed by atoms with Gasteiger partial charge in [-0.3, -0.25) is 4.79 Å². The topological polar surface area (TPSA) is 34.0 Å². The number of rotatable bonds is 6. The summed E-state index contributed by atoms with van der Waals surface area (Å²) in [6.07, 6.45) is 3.02. The number of aryl methyl sites for hydroxylation is 1. The maximum absolute atomic E-state index is 12.5. The molecule has 1 aromatic heterocycles. The fourth-order valence-corrected chi connectivity index (χ4v) is 2.99. The molecule has 0 radical (unpaired) electrons. The van der Waals surface area contributed by atoms with Gasteiger partial charge in [-0.05, 0) is 43.4 Å². The lowest BCUT2D eigenvalue weighted by molar-refractivity contribution is -0.125. The zero-order valence-corrected chi connectivity index (χ0v) is 14.3. The Morgan fingerprint density at radius 1 is 1.00 bits per heavy atom. The first kappa shape index (κ1) is 16.3. The highest BCUT2D eigenvalue weighted by Crippen LogP contribution is 2.23. The number of hydrogen-bond donors (Lipinski definition) is 1. The molecule has 3 nitrogen and oxygen atoms in total. The van der Waals surface area contributed by atoms with E-state index in [0.29, 0.717) is 6.54 Å². The minimum absolute atomic E-state index is 0.0751. The van der Waals surface area contributed by atoms with Crippen molar-refractivity contribution in [1.29, 1.82) is 0 Å². The second-order valence-electron chi connectivity index (χ2n) is 6.67. The highest BCUT2D eigenvalue weighted by Gasteiger charge is 2.28. The van der Waals surface area contributed by atoms with Crippen LogP contribution < -0.4 is 5.32 Å². The maximum atomic E-state index is 12.5. The highest BCUT2D eigenvalue weighted by atomic mass is 16.2. The van der Waals surface area contributed by atoms with Gasteiger partial charge < -0.3 is 9.88 Å². The monoisotopic (exact) mass is 320 g/mol. The number of aromatic nitrogens is 1. The molecular weight excluding hydrogens is 296 g/mol. The molecule has 0 saturated carbocycles. The third-order valence-corrected chi connectivity index (χ3v) is 4.60.